The highest BCUT2D eigenvalue weighted by atomic mass is 79.9. The molecule has 0 aliphatic heterocycles. The summed E-state index contributed by atoms with van der Waals surface area (Å²) in [7, 11) is 0. The fourth-order valence-corrected chi connectivity index (χ4v) is 1.33. The quantitative estimate of drug-likeness (QED) is 0.860. The van der Waals surface area contributed by atoms with Gasteiger partial charge in [-0.1, -0.05) is 28.1 Å². The molecule has 1 aromatic carbocycles. The predicted molar refractivity (Wildman–Crippen MR) is 60.0 cm³/mol. The monoisotopic (exact) mass is 265 g/mol. The van der Waals surface area contributed by atoms with Gasteiger partial charge < -0.3 is 10.8 Å². The Morgan fingerprint density at radius 3 is 2.62 bits per heavy atom. The summed E-state index contributed by atoms with van der Waals surface area (Å²) in [6.45, 7) is 1.75. The average Bonchev–Trinajstić information content (AvgIpc) is 2.05. The summed E-state index contributed by atoms with van der Waals surface area (Å²) in [5.41, 5.74) is 6.12. The van der Waals surface area contributed by atoms with Crippen LogP contribution in [0, 0.1) is 0 Å². The van der Waals surface area contributed by atoms with Crippen molar-refractivity contribution in [3.8, 4) is 0 Å². The van der Waals surface area contributed by atoms with Gasteiger partial charge in [0.1, 0.15) is 0 Å². The third-order valence-electron chi connectivity index (χ3n) is 1.81. The van der Waals surface area contributed by atoms with Gasteiger partial charge in [-0.25, -0.2) is 0 Å². The Kier molecular flexibility index (Phi) is 4.92. The summed E-state index contributed by atoms with van der Waals surface area (Å²) in [6.07, 6.45) is 0. The molecule has 4 heteroatoms. The molecule has 13 heavy (non-hydrogen) atoms. The van der Waals surface area contributed by atoms with Crippen LogP contribution in [0.2, 0.25) is 0 Å². The normalized spacial score (nSPS) is 14.5. The topological polar surface area (TPSA) is 46.2 Å². The number of hydrogen-bond donors (Lipinski definition) is 2. The van der Waals surface area contributed by atoms with Crippen LogP contribution in [-0.4, -0.2) is 11.7 Å². The van der Waals surface area contributed by atoms with Crippen molar-refractivity contribution in [2.24, 2.45) is 5.73 Å². The fourth-order valence-electron chi connectivity index (χ4n) is 0.935. The first kappa shape index (κ1) is 12.9. The lowest BCUT2D eigenvalue weighted by atomic mass is 9.95. The highest BCUT2D eigenvalue weighted by molar-refractivity contribution is 9.10. The molecule has 0 saturated carbocycles. The van der Waals surface area contributed by atoms with E-state index in [4.69, 9.17) is 10.8 Å². The molecule has 0 saturated heterocycles. The zero-order valence-corrected chi connectivity index (χ0v) is 9.73. The van der Waals surface area contributed by atoms with E-state index in [0.29, 0.717) is 0 Å². The van der Waals surface area contributed by atoms with E-state index in [1.165, 1.54) is 0 Å². The molecular weight excluding hydrogens is 253 g/mol. The molecule has 1 aromatic rings. The molecule has 1 atom stereocenters. The van der Waals surface area contributed by atoms with Crippen LogP contribution in [0.4, 0.5) is 0 Å². The molecule has 0 fully saturated rings. The second-order valence-electron chi connectivity index (χ2n) is 3.09. The Balaban J connectivity index is 0.00000144. The van der Waals surface area contributed by atoms with Crippen molar-refractivity contribution in [3.63, 3.8) is 0 Å². The molecule has 0 amide bonds. The van der Waals surface area contributed by atoms with Gasteiger partial charge in [0.05, 0.1) is 12.1 Å². The van der Waals surface area contributed by atoms with Crippen LogP contribution < -0.4 is 5.73 Å². The number of hydrogen-bond acceptors (Lipinski definition) is 2. The fraction of sp³-hybridized carbons (Fsp3) is 0.333. The molecule has 0 aromatic heterocycles. The Bertz CT molecular complexity index is 278. The zero-order chi connectivity index (χ0) is 9.19. The summed E-state index contributed by atoms with van der Waals surface area (Å²) in [4.78, 5) is 0. The van der Waals surface area contributed by atoms with E-state index in [1.807, 2.05) is 24.3 Å². The number of rotatable bonds is 2. The molecule has 3 N–H and O–H groups in total. The summed E-state index contributed by atoms with van der Waals surface area (Å²) < 4.78 is 0.977. The van der Waals surface area contributed by atoms with Crippen molar-refractivity contribution >= 4 is 28.3 Å². The van der Waals surface area contributed by atoms with E-state index in [2.05, 4.69) is 15.9 Å². The van der Waals surface area contributed by atoms with E-state index < -0.39 is 5.54 Å². The first-order valence-corrected chi connectivity index (χ1v) is 4.51. The van der Waals surface area contributed by atoms with E-state index in [0.717, 1.165) is 10.0 Å². The Morgan fingerprint density at radius 1 is 1.54 bits per heavy atom. The smallest absolute Gasteiger partial charge is 0.0650 e. The zero-order valence-electron chi connectivity index (χ0n) is 7.33. The third-order valence-corrected chi connectivity index (χ3v) is 2.31. The Labute approximate surface area is 92.7 Å². The number of aliphatic hydroxyl groups excluding tert-OH is 1. The summed E-state index contributed by atoms with van der Waals surface area (Å²) in [5.74, 6) is 0. The van der Waals surface area contributed by atoms with Crippen LogP contribution in [-0.2, 0) is 5.54 Å². The Hall–Kier alpha value is -0.0900. The minimum absolute atomic E-state index is 0. The summed E-state index contributed by atoms with van der Waals surface area (Å²) in [6, 6.07) is 7.65. The molecule has 0 heterocycles. The van der Waals surface area contributed by atoms with Gasteiger partial charge in [-0.3, -0.25) is 0 Å². The molecule has 0 bridgehead atoms. The molecule has 2 nitrogen and oxygen atoms in total. The SMILES string of the molecule is CC(N)(CO)c1cccc(Br)c1.Cl. The van der Waals surface area contributed by atoms with Crippen LogP contribution in [0.15, 0.2) is 28.7 Å². The van der Waals surface area contributed by atoms with Crippen molar-refractivity contribution in [1.29, 1.82) is 0 Å². The standard InChI is InChI=1S/C9H12BrNO.ClH/c1-9(11,6-12)7-3-2-4-8(10)5-7;/h2-5,12H,6,11H2,1H3;1H. The van der Waals surface area contributed by atoms with Gasteiger partial charge in [-0.05, 0) is 24.6 Å². The van der Waals surface area contributed by atoms with E-state index in [1.54, 1.807) is 6.92 Å². The van der Waals surface area contributed by atoms with Gasteiger partial charge in [0, 0.05) is 4.47 Å². The largest absolute Gasteiger partial charge is 0.394 e. The third kappa shape index (κ3) is 3.27. The van der Waals surface area contributed by atoms with E-state index in [-0.39, 0.29) is 19.0 Å². The maximum absolute atomic E-state index is 9.00. The lowest BCUT2D eigenvalue weighted by Crippen LogP contribution is -2.36. The van der Waals surface area contributed by atoms with Crippen molar-refractivity contribution in [3.05, 3.63) is 34.3 Å². The van der Waals surface area contributed by atoms with Crippen LogP contribution in [0.1, 0.15) is 12.5 Å². The van der Waals surface area contributed by atoms with Gasteiger partial charge in [0.25, 0.3) is 0 Å². The lowest BCUT2D eigenvalue weighted by molar-refractivity contribution is 0.210. The molecule has 1 rings (SSSR count). The van der Waals surface area contributed by atoms with Gasteiger partial charge >= 0.3 is 0 Å². The van der Waals surface area contributed by atoms with E-state index >= 15 is 0 Å². The summed E-state index contributed by atoms with van der Waals surface area (Å²) >= 11 is 3.35. The van der Waals surface area contributed by atoms with Crippen molar-refractivity contribution in [2.75, 3.05) is 6.61 Å². The first-order chi connectivity index (χ1) is 5.56. The number of halogens is 2. The van der Waals surface area contributed by atoms with Crippen LogP contribution in [0.5, 0.6) is 0 Å². The second-order valence-corrected chi connectivity index (χ2v) is 4.00. The van der Waals surface area contributed by atoms with E-state index in [9.17, 15) is 0 Å². The molecular formula is C9H13BrClNO. The molecule has 74 valence electrons. The number of nitrogens with two attached hydrogens (primary N) is 1. The molecule has 0 aliphatic carbocycles. The van der Waals surface area contributed by atoms with Crippen LogP contribution in [0.25, 0.3) is 0 Å². The van der Waals surface area contributed by atoms with Gasteiger partial charge in [-0.2, -0.15) is 0 Å². The minimum Gasteiger partial charge on any atom is -0.394 e. The molecule has 0 spiro atoms. The lowest BCUT2D eigenvalue weighted by Gasteiger charge is -2.22. The molecule has 0 radical (unpaired) electrons. The maximum atomic E-state index is 9.00. The number of benzene rings is 1. The van der Waals surface area contributed by atoms with Crippen molar-refractivity contribution in [2.45, 2.75) is 12.5 Å². The number of aliphatic hydroxyl groups is 1. The first-order valence-electron chi connectivity index (χ1n) is 3.72. The van der Waals surface area contributed by atoms with Gasteiger partial charge in [-0.15, -0.1) is 12.4 Å². The van der Waals surface area contributed by atoms with Gasteiger partial charge in [0.15, 0.2) is 0 Å². The van der Waals surface area contributed by atoms with Gasteiger partial charge in [0.2, 0.25) is 0 Å². The van der Waals surface area contributed by atoms with Crippen molar-refractivity contribution < 1.29 is 5.11 Å². The molecule has 1 unspecified atom stereocenters. The second kappa shape index (κ2) is 4.96. The predicted octanol–water partition coefficient (Wildman–Crippen LogP) is 2.04. The van der Waals surface area contributed by atoms with Crippen LogP contribution >= 0.6 is 28.3 Å². The van der Waals surface area contributed by atoms with Crippen LogP contribution in [0.3, 0.4) is 0 Å². The average molecular weight is 267 g/mol. The maximum Gasteiger partial charge on any atom is 0.0650 e. The highest BCUT2D eigenvalue weighted by Crippen LogP contribution is 2.20. The molecule has 0 aliphatic rings. The Morgan fingerprint density at radius 2 is 2.15 bits per heavy atom. The minimum atomic E-state index is -0.649. The summed E-state index contributed by atoms with van der Waals surface area (Å²) in [5, 5.41) is 9.00. The van der Waals surface area contributed by atoms with Crippen molar-refractivity contribution in [1.82, 2.24) is 0 Å². The highest BCUT2D eigenvalue weighted by Gasteiger charge is 2.19.